The summed E-state index contributed by atoms with van der Waals surface area (Å²) in [5, 5.41) is 6.28. The lowest BCUT2D eigenvalue weighted by Crippen LogP contribution is -2.00. The van der Waals surface area contributed by atoms with Gasteiger partial charge in [-0.05, 0) is 6.92 Å². The van der Waals surface area contributed by atoms with Crippen LogP contribution in [0.3, 0.4) is 0 Å². The maximum Gasteiger partial charge on any atom is 0.0873 e. The molecule has 0 bridgehead atoms. The Morgan fingerprint density at radius 1 is 2.00 bits per heavy atom. The summed E-state index contributed by atoms with van der Waals surface area (Å²) in [7, 11) is 0. The molecule has 0 fully saturated rings. The Morgan fingerprint density at radius 3 is 2.00 bits per heavy atom. The predicted molar refractivity (Wildman–Crippen MR) is 17.6 cm³/mol. The molecule has 0 spiro atoms. The minimum Gasteiger partial charge on any atom is -0.388 e. The molecule has 0 aliphatic rings. The van der Waals surface area contributed by atoms with E-state index in [1.165, 1.54) is 6.92 Å². The van der Waals surface area contributed by atoms with Crippen LogP contribution in [0.4, 0.5) is 0 Å². The number of nitrogens with one attached hydrogen (secondary N) is 1. The third-order valence-corrected chi connectivity index (χ3v) is 0. The number of rotatable bonds is 0. The molecule has 0 unspecified atom stereocenters. The first-order valence-corrected chi connectivity index (χ1v) is 1.04. The third-order valence-electron chi connectivity index (χ3n) is 0. The Morgan fingerprint density at radius 2 is 2.00 bits per heavy atom. The van der Waals surface area contributed by atoms with Crippen molar-refractivity contribution in [1.29, 1.82) is 5.41 Å². The van der Waals surface area contributed by atoms with Crippen LogP contribution in [-0.2, 0) is 0 Å². The van der Waals surface area contributed by atoms with Crippen LogP contribution in [0.1, 0.15) is 6.92 Å². The van der Waals surface area contributed by atoms with Crippen LogP contribution < -0.4 is 5.73 Å². The Balaban J connectivity index is 2.80. The van der Waals surface area contributed by atoms with Crippen LogP contribution in [0.2, 0.25) is 0 Å². The van der Waals surface area contributed by atoms with Gasteiger partial charge in [-0.15, -0.1) is 0 Å². The highest BCUT2D eigenvalue weighted by atomic mass is 14.9. The van der Waals surface area contributed by atoms with E-state index in [4.69, 9.17) is 11.1 Å². The van der Waals surface area contributed by atoms with Gasteiger partial charge in [0, 0.05) is 0 Å². The quantitative estimate of drug-likeness (QED) is 0.229. The third kappa shape index (κ3) is 1.16. The van der Waals surface area contributed by atoms with Crippen molar-refractivity contribution in [2.24, 2.45) is 5.73 Å². The van der Waals surface area contributed by atoms with Crippen molar-refractivity contribution in [1.82, 2.24) is 0 Å². The van der Waals surface area contributed by atoms with E-state index < -0.39 is 0 Å². The van der Waals surface area contributed by atoms with Crippen molar-refractivity contribution in [3.63, 3.8) is 0 Å². The van der Waals surface area contributed by atoms with Gasteiger partial charge in [-0.3, -0.25) is 5.41 Å². The molecular formula is C2H6N2. The molecule has 0 heterocycles. The summed E-state index contributed by atoms with van der Waals surface area (Å²) in [6, 6.07) is 0. The molecule has 2 nitrogen and oxygen atoms in total. The van der Waals surface area contributed by atoms with Gasteiger partial charge in [0.05, 0.1) is 5.84 Å². The van der Waals surface area contributed by atoms with Gasteiger partial charge < -0.3 is 5.73 Å². The highest BCUT2D eigenvalue weighted by Crippen LogP contribution is 1.36. The lowest BCUT2D eigenvalue weighted by molar-refractivity contribution is 1.42. The van der Waals surface area contributed by atoms with E-state index in [0.29, 0.717) is 0 Å². The fourth-order valence-electron chi connectivity index (χ4n) is 0. The van der Waals surface area contributed by atoms with Gasteiger partial charge in [0.2, 0.25) is 0 Å². The zero-order valence-corrected chi connectivity index (χ0v) is 2.58. The standard InChI is InChI=1S/C2H6N2/c1-2(3)4/h1H3,(H3,3,4)/i2+1. The van der Waals surface area contributed by atoms with E-state index in [9.17, 15) is 0 Å². The average Bonchev–Trinajstić information content (AvgIpc) is 0.811. The van der Waals surface area contributed by atoms with Crippen molar-refractivity contribution in [2.45, 2.75) is 6.92 Å². The SMILES string of the molecule is C[13C](=N)N. The first-order chi connectivity index (χ1) is 1.73. The summed E-state index contributed by atoms with van der Waals surface area (Å²) in [4.78, 5) is 0. The molecule has 0 radical (unpaired) electrons. The van der Waals surface area contributed by atoms with Crippen LogP contribution in [0.25, 0.3) is 0 Å². The number of hydrogen-bond acceptors (Lipinski definition) is 1. The van der Waals surface area contributed by atoms with Gasteiger partial charge in [-0.2, -0.15) is 0 Å². The second-order valence-corrected chi connectivity index (χ2v) is 0.683. The first-order valence-electron chi connectivity index (χ1n) is 1.04. The van der Waals surface area contributed by atoms with Crippen molar-refractivity contribution in [3.05, 3.63) is 0 Å². The van der Waals surface area contributed by atoms with E-state index in [1.807, 2.05) is 0 Å². The number of amidine groups is 1. The number of nitrogens with two attached hydrogens (primary N) is 1. The summed E-state index contributed by atoms with van der Waals surface area (Å²) >= 11 is 0. The molecule has 24 valence electrons. The Hall–Kier alpha value is -0.530. The van der Waals surface area contributed by atoms with Crippen LogP contribution in [0, 0.1) is 5.41 Å². The average molecular weight is 59.1 g/mol. The maximum absolute atomic E-state index is 6.28. The predicted octanol–water partition coefficient (Wildman–Crippen LogP) is -0.0577. The van der Waals surface area contributed by atoms with Crippen molar-refractivity contribution >= 4 is 5.84 Å². The van der Waals surface area contributed by atoms with Crippen LogP contribution >= 0.6 is 0 Å². The molecule has 0 saturated carbocycles. The molecule has 0 rings (SSSR count). The summed E-state index contributed by atoms with van der Waals surface area (Å²) in [6.07, 6.45) is 0. The van der Waals surface area contributed by atoms with E-state index >= 15 is 0 Å². The lowest BCUT2D eigenvalue weighted by atomic mass is 11.2. The fourth-order valence-corrected chi connectivity index (χ4v) is 0. The summed E-state index contributed by atoms with van der Waals surface area (Å²) in [6.45, 7) is 1.53. The van der Waals surface area contributed by atoms with Crippen LogP contribution in [0.15, 0.2) is 0 Å². The minimum absolute atomic E-state index is 0.167. The van der Waals surface area contributed by atoms with Crippen LogP contribution in [-0.4, -0.2) is 5.84 Å². The summed E-state index contributed by atoms with van der Waals surface area (Å²) in [5.41, 5.74) is 4.69. The number of hydrogen-bond donors (Lipinski definition) is 2. The molecule has 0 atom stereocenters. The zero-order chi connectivity index (χ0) is 3.58. The monoisotopic (exact) mass is 59.1 g/mol. The van der Waals surface area contributed by atoms with Gasteiger partial charge in [-0.25, -0.2) is 0 Å². The first kappa shape index (κ1) is 3.47. The van der Waals surface area contributed by atoms with Crippen molar-refractivity contribution in [2.75, 3.05) is 0 Å². The summed E-state index contributed by atoms with van der Waals surface area (Å²) < 4.78 is 0. The van der Waals surface area contributed by atoms with E-state index in [0.717, 1.165) is 0 Å². The van der Waals surface area contributed by atoms with Gasteiger partial charge in [0.15, 0.2) is 0 Å². The Kier molecular flexibility index (Phi) is 0.759. The second-order valence-electron chi connectivity index (χ2n) is 0.683. The largest absolute Gasteiger partial charge is 0.388 e. The van der Waals surface area contributed by atoms with Gasteiger partial charge in [-0.1, -0.05) is 0 Å². The molecule has 0 saturated heterocycles. The lowest BCUT2D eigenvalue weighted by Gasteiger charge is -1.66. The van der Waals surface area contributed by atoms with Gasteiger partial charge >= 0.3 is 0 Å². The highest BCUT2D eigenvalue weighted by molar-refractivity contribution is 5.73. The summed E-state index contributed by atoms with van der Waals surface area (Å²) in [5.74, 6) is 0.167. The molecule has 0 aliphatic heterocycles. The molecule has 0 amide bonds. The molecule has 0 aromatic heterocycles. The molecule has 0 aromatic rings. The topological polar surface area (TPSA) is 49.9 Å². The second kappa shape index (κ2) is 0.875. The molecule has 0 aromatic carbocycles. The van der Waals surface area contributed by atoms with Gasteiger partial charge in [0.1, 0.15) is 0 Å². The molecule has 0 aliphatic carbocycles. The Labute approximate surface area is 25.1 Å². The molecule has 2 heteroatoms. The maximum atomic E-state index is 6.28. The molecular weight excluding hydrogens is 53.0 g/mol. The molecule has 3 N–H and O–H groups in total. The zero-order valence-electron chi connectivity index (χ0n) is 2.58. The van der Waals surface area contributed by atoms with E-state index in [1.54, 1.807) is 0 Å². The smallest absolute Gasteiger partial charge is 0.0873 e. The van der Waals surface area contributed by atoms with E-state index in [2.05, 4.69) is 0 Å². The van der Waals surface area contributed by atoms with Crippen molar-refractivity contribution < 1.29 is 0 Å². The normalized spacial score (nSPS) is 6.25. The molecule has 4 heavy (non-hydrogen) atoms. The van der Waals surface area contributed by atoms with E-state index in [-0.39, 0.29) is 5.84 Å². The van der Waals surface area contributed by atoms with Crippen molar-refractivity contribution in [3.8, 4) is 0 Å². The van der Waals surface area contributed by atoms with Gasteiger partial charge in [0.25, 0.3) is 0 Å². The Bertz CT molecular complexity index is 27.0. The minimum atomic E-state index is 0.167. The highest BCUT2D eigenvalue weighted by Gasteiger charge is 1.53. The fraction of sp³-hybridized carbons (Fsp3) is 0.500. The van der Waals surface area contributed by atoms with Crippen LogP contribution in [0.5, 0.6) is 0 Å².